The third-order valence-electron chi connectivity index (χ3n) is 4.32. The number of hydrogen-bond donors (Lipinski definition) is 1. The molecule has 0 aliphatic carbocycles. The fraction of sp³-hybridized carbons (Fsp3) is 0.125. The van der Waals surface area contributed by atoms with E-state index in [1.54, 1.807) is 42.5 Å². The van der Waals surface area contributed by atoms with E-state index in [1.165, 1.54) is 6.21 Å². The summed E-state index contributed by atoms with van der Waals surface area (Å²) >= 11 is 3.39. The van der Waals surface area contributed by atoms with E-state index in [1.807, 2.05) is 38.1 Å². The first kappa shape index (κ1) is 22.2. The Morgan fingerprint density at radius 3 is 2.52 bits per heavy atom. The number of nitrogens with zero attached hydrogens (tertiary/aromatic N) is 1. The van der Waals surface area contributed by atoms with Crippen LogP contribution in [0.25, 0.3) is 0 Å². The van der Waals surface area contributed by atoms with Gasteiger partial charge < -0.3 is 9.47 Å². The van der Waals surface area contributed by atoms with Gasteiger partial charge >= 0.3 is 5.97 Å². The lowest BCUT2D eigenvalue weighted by atomic mass is 10.1. The standard InChI is InChI=1S/C24H21BrN2O4/c1-16-7-10-20(11-8-16)30-15-23(28)27-26-14-18-13-19(25)9-12-22(18)31-24(29)21-6-4-3-5-17(21)2/h3-14H,15H2,1-2H3,(H,27,28)/b26-14-. The minimum atomic E-state index is -0.467. The molecule has 1 N–H and O–H groups in total. The lowest BCUT2D eigenvalue weighted by Gasteiger charge is -2.09. The Labute approximate surface area is 189 Å². The summed E-state index contributed by atoms with van der Waals surface area (Å²) in [5, 5.41) is 3.95. The molecule has 0 atom stereocenters. The summed E-state index contributed by atoms with van der Waals surface area (Å²) in [6.07, 6.45) is 1.41. The van der Waals surface area contributed by atoms with Crippen LogP contribution < -0.4 is 14.9 Å². The van der Waals surface area contributed by atoms with Crippen molar-refractivity contribution in [1.82, 2.24) is 5.43 Å². The molecule has 3 rings (SSSR count). The van der Waals surface area contributed by atoms with Gasteiger partial charge in [-0.3, -0.25) is 4.79 Å². The molecule has 0 unspecified atom stereocenters. The first-order valence-corrected chi connectivity index (χ1v) is 10.3. The molecule has 0 aliphatic rings. The number of halogens is 1. The van der Waals surface area contributed by atoms with Crippen LogP contribution in [0.3, 0.4) is 0 Å². The summed E-state index contributed by atoms with van der Waals surface area (Å²) in [5.41, 5.74) is 5.33. The maximum absolute atomic E-state index is 12.5. The van der Waals surface area contributed by atoms with Gasteiger partial charge in [0.25, 0.3) is 5.91 Å². The molecule has 1 amide bonds. The average Bonchev–Trinajstić information content (AvgIpc) is 2.75. The minimum Gasteiger partial charge on any atom is -0.484 e. The molecule has 0 heterocycles. The molecule has 0 fully saturated rings. The van der Waals surface area contributed by atoms with Crippen molar-refractivity contribution in [3.63, 3.8) is 0 Å². The number of esters is 1. The van der Waals surface area contributed by atoms with Crippen molar-refractivity contribution in [3.8, 4) is 11.5 Å². The van der Waals surface area contributed by atoms with Gasteiger partial charge in [-0.1, -0.05) is 51.8 Å². The highest BCUT2D eigenvalue weighted by Crippen LogP contribution is 2.23. The zero-order valence-corrected chi connectivity index (χ0v) is 18.7. The maximum Gasteiger partial charge on any atom is 0.343 e. The number of aryl methyl sites for hydroxylation is 2. The van der Waals surface area contributed by atoms with Crippen molar-refractivity contribution in [2.24, 2.45) is 5.10 Å². The second kappa shape index (κ2) is 10.5. The molecule has 3 aromatic rings. The summed E-state index contributed by atoms with van der Waals surface area (Å²) < 4.78 is 11.7. The lowest BCUT2D eigenvalue weighted by molar-refractivity contribution is -0.123. The molecule has 0 radical (unpaired) electrons. The van der Waals surface area contributed by atoms with Crippen LogP contribution >= 0.6 is 15.9 Å². The van der Waals surface area contributed by atoms with E-state index >= 15 is 0 Å². The molecule has 0 bridgehead atoms. The van der Waals surface area contributed by atoms with Crippen LogP contribution in [0.4, 0.5) is 0 Å². The number of hydrogen-bond acceptors (Lipinski definition) is 5. The Morgan fingerprint density at radius 2 is 1.77 bits per heavy atom. The molecule has 158 valence electrons. The van der Waals surface area contributed by atoms with Crippen molar-refractivity contribution in [2.45, 2.75) is 13.8 Å². The smallest absolute Gasteiger partial charge is 0.343 e. The Morgan fingerprint density at radius 1 is 1.03 bits per heavy atom. The van der Waals surface area contributed by atoms with Crippen molar-refractivity contribution in [2.75, 3.05) is 6.61 Å². The third-order valence-corrected chi connectivity index (χ3v) is 4.82. The van der Waals surface area contributed by atoms with Gasteiger partial charge in [-0.05, 0) is 55.8 Å². The van der Waals surface area contributed by atoms with Crippen LogP contribution in [0.5, 0.6) is 11.5 Å². The molecule has 0 saturated heterocycles. The predicted molar refractivity (Wildman–Crippen MR) is 123 cm³/mol. The number of nitrogens with one attached hydrogen (secondary N) is 1. The first-order valence-electron chi connectivity index (χ1n) is 9.51. The van der Waals surface area contributed by atoms with Crippen LogP contribution in [0.1, 0.15) is 27.0 Å². The topological polar surface area (TPSA) is 77.0 Å². The number of ether oxygens (including phenoxy) is 2. The molecular formula is C24H21BrN2O4. The normalized spacial score (nSPS) is 10.7. The Bertz CT molecular complexity index is 1110. The van der Waals surface area contributed by atoms with Crippen molar-refractivity contribution >= 4 is 34.0 Å². The number of rotatable bonds is 7. The van der Waals surface area contributed by atoms with Crippen LogP contribution in [-0.4, -0.2) is 24.7 Å². The summed E-state index contributed by atoms with van der Waals surface area (Å²) in [5.74, 6) is 0.0448. The predicted octanol–water partition coefficient (Wildman–Crippen LogP) is 4.81. The van der Waals surface area contributed by atoms with Crippen molar-refractivity contribution < 1.29 is 19.1 Å². The SMILES string of the molecule is Cc1ccc(OCC(=O)N/N=C\c2cc(Br)ccc2OC(=O)c2ccccc2C)cc1. The number of hydrazone groups is 1. The molecule has 0 saturated carbocycles. The van der Waals surface area contributed by atoms with Gasteiger partial charge in [0.05, 0.1) is 11.8 Å². The zero-order chi connectivity index (χ0) is 22.2. The van der Waals surface area contributed by atoms with E-state index in [4.69, 9.17) is 9.47 Å². The quantitative estimate of drug-likeness (QED) is 0.227. The molecule has 31 heavy (non-hydrogen) atoms. The summed E-state index contributed by atoms with van der Waals surface area (Å²) in [4.78, 5) is 24.5. The monoisotopic (exact) mass is 480 g/mol. The second-order valence-corrected chi connectivity index (χ2v) is 7.70. The van der Waals surface area contributed by atoms with E-state index < -0.39 is 11.9 Å². The molecule has 3 aromatic carbocycles. The summed E-state index contributed by atoms with van der Waals surface area (Å²) in [6, 6.07) is 19.7. The molecule has 0 aliphatic heterocycles. The minimum absolute atomic E-state index is 0.173. The number of benzene rings is 3. The van der Waals surface area contributed by atoms with Crippen molar-refractivity contribution in [1.29, 1.82) is 0 Å². The molecule has 6 nitrogen and oxygen atoms in total. The van der Waals surface area contributed by atoms with Crippen LogP contribution in [0, 0.1) is 13.8 Å². The number of carbonyl (C=O) groups excluding carboxylic acids is 2. The third kappa shape index (κ3) is 6.52. The van der Waals surface area contributed by atoms with E-state index in [9.17, 15) is 9.59 Å². The van der Waals surface area contributed by atoms with E-state index in [2.05, 4.69) is 26.5 Å². The van der Waals surface area contributed by atoms with Crippen LogP contribution in [-0.2, 0) is 4.79 Å². The highest BCUT2D eigenvalue weighted by Gasteiger charge is 2.13. The Kier molecular flexibility index (Phi) is 7.56. The molecular weight excluding hydrogens is 460 g/mol. The van der Waals surface area contributed by atoms with Gasteiger partial charge in [0.2, 0.25) is 0 Å². The van der Waals surface area contributed by atoms with Gasteiger partial charge in [-0.2, -0.15) is 5.10 Å². The number of carbonyl (C=O) groups is 2. The second-order valence-electron chi connectivity index (χ2n) is 6.78. The van der Waals surface area contributed by atoms with E-state index in [-0.39, 0.29) is 6.61 Å². The van der Waals surface area contributed by atoms with Crippen LogP contribution in [0.2, 0.25) is 0 Å². The van der Waals surface area contributed by atoms with Gasteiger partial charge in [-0.15, -0.1) is 0 Å². The number of amides is 1. The van der Waals surface area contributed by atoms with E-state index in [0.29, 0.717) is 22.6 Å². The highest BCUT2D eigenvalue weighted by atomic mass is 79.9. The van der Waals surface area contributed by atoms with Gasteiger partial charge in [0.15, 0.2) is 6.61 Å². The molecule has 7 heteroatoms. The zero-order valence-electron chi connectivity index (χ0n) is 17.1. The largest absolute Gasteiger partial charge is 0.484 e. The first-order chi connectivity index (χ1) is 14.9. The Hall–Kier alpha value is -3.45. The lowest BCUT2D eigenvalue weighted by Crippen LogP contribution is -2.24. The molecule has 0 spiro atoms. The van der Waals surface area contributed by atoms with Crippen molar-refractivity contribution in [3.05, 3.63) is 93.5 Å². The Balaban J connectivity index is 1.62. The fourth-order valence-electron chi connectivity index (χ4n) is 2.66. The molecule has 0 aromatic heterocycles. The highest BCUT2D eigenvalue weighted by molar-refractivity contribution is 9.10. The summed E-state index contributed by atoms with van der Waals surface area (Å²) in [6.45, 7) is 3.64. The van der Waals surface area contributed by atoms with Gasteiger partial charge in [0.1, 0.15) is 11.5 Å². The maximum atomic E-state index is 12.5. The van der Waals surface area contributed by atoms with Crippen LogP contribution in [0.15, 0.2) is 76.3 Å². The average molecular weight is 481 g/mol. The van der Waals surface area contributed by atoms with Gasteiger partial charge in [0, 0.05) is 10.0 Å². The van der Waals surface area contributed by atoms with Gasteiger partial charge in [-0.25, -0.2) is 10.2 Å². The fourth-order valence-corrected chi connectivity index (χ4v) is 3.04. The summed E-state index contributed by atoms with van der Waals surface area (Å²) in [7, 11) is 0. The van der Waals surface area contributed by atoms with E-state index in [0.717, 1.165) is 15.6 Å².